The maximum absolute atomic E-state index is 12.8. The van der Waals surface area contributed by atoms with Crippen LogP contribution in [-0.4, -0.2) is 38.1 Å². The number of carbonyl (C=O) groups is 1. The zero-order valence-corrected chi connectivity index (χ0v) is 16.8. The lowest BCUT2D eigenvalue weighted by molar-refractivity contribution is 0.0453. The molecule has 0 bridgehead atoms. The van der Waals surface area contributed by atoms with Gasteiger partial charge in [-0.05, 0) is 43.4 Å². The van der Waals surface area contributed by atoms with Crippen LogP contribution in [0.1, 0.15) is 46.0 Å². The standard InChI is InChI=1S/C21H24N4O4/c1-13-4-5-15(10-16(13)11-22)19(27)25-8-6-14(7-9-25)18(26)17-12-23(2)21(29)24(3)20(17)28/h4-5,10,12,14,18,26H,6-9H2,1-3H3. The Morgan fingerprint density at radius 2 is 1.90 bits per heavy atom. The molecule has 152 valence electrons. The van der Waals surface area contributed by atoms with E-state index >= 15 is 0 Å². The van der Waals surface area contributed by atoms with Gasteiger partial charge in [0.15, 0.2) is 0 Å². The van der Waals surface area contributed by atoms with Gasteiger partial charge in [-0.25, -0.2) is 4.79 Å². The van der Waals surface area contributed by atoms with E-state index in [-0.39, 0.29) is 17.4 Å². The second-order valence-electron chi connectivity index (χ2n) is 7.56. The number of aliphatic hydroxyl groups excluding tert-OH is 1. The van der Waals surface area contributed by atoms with Gasteiger partial charge in [0.25, 0.3) is 11.5 Å². The van der Waals surface area contributed by atoms with Gasteiger partial charge >= 0.3 is 5.69 Å². The summed E-state index contributed by atoms with van der Waals surface area (Å²) in [4.78, 5) is 38.7. The second-order valence-corrected chi connectivity index (χ2v) is 7.56. The topological polar surface area (TPSA) is 108 Å². The molecule has 1 unspecified atom stereocenters. The van der Waals surface area contributed by atoms with E-state index in [1.165, 1.54) is 24.9 Å². The third-order valence-electron chi connectivity index (χ3n) is 5.67. The van der Waals surface area contributed by atoms with Gasteiger partial charge in [0, 0.05) is 38.9 Å². The summed E-state index contributed by atoms with van der Waals surface area (Å²) in [5.74, 6) is -0.329. The van der Waals surface area contributed by atoms with E-state index in [4.69, 9.17) is 5.26 Å². The van der Waals surface area contributed by atoms with Crippen molar-refractivity contribution in [1.82, 2.24) is 14.0 Å². The predicted octanol–water partition coefficient (Wildman–Crippen LogP) is 0.850. The first kappa shape index (κ1) is 20.6. The molecule has 1 amide bonds. The Morgan fingerprint density at radius 1 is 1.24 bits per heavy atom. The number of rotatable bonds is 3. The predicted molar refractivity (Wildman–Crippen MR) is 106 cm³/mol. The number of aromatic nitrogens is 2. The average Bonchev–Trinajstić information content (AvgIpc) is 2.74. The molecule has 1 N–H and O–H groups in total. The lowest BCUT2D eigenvalue weighted by Crippen LogP contribution is -2.42. The Labute approximate surface area is 168 Å². The molecular weight excluding hydrogens is 372 g/mol. The van der Waals surface area contributed by atoms with Crippen molar-refractivity contribution in [1.29, 1.82) is 5.26 Å². The van der Waals surface area contributed by atoms with Crippen molar-refractivity contribution in [3.05, 3.63) is 67.5 Å². The van der Waals surface area contributed by atoms with E-state index in [0.29, 0.717) is 37.1 Å². The molecule has 29 heavy (non-hydrogen) atoms. The van der Waals surface area contributed by atoms with Gasteiger partial charge in [0.1, 0.15) is 0 Å². The number of likely N-dealkylation sites (tertiary alicyclic amines) is 1. The molecule has 0 spiro atoms. The quantitative estimate of drug-likeness (QED) is 0.827. The summed E-state index contributed by atoms with van der Waals surface area (Å²) in [6, 6.07) is 7.17. The molecule has 1 aliphatic heterocycles. The summed E-state index contributed by atoms with van der Waals surface area (Å²) in [7, 11) is 2.93. The van der Waals surface area contributed by atoms with Crippen molar-refractivity contribution in [2.75, 3.05) is 13.1 Å². The number of hydrogen-bond donors (Lipinski definition) is 1. The third kappa shape index (κ3) is 3.87. The maximum atomic E-state index is 12.8. The average molecular weight is 396 g/mol. The first-order chi connectivity index (χ1) is 13.7. The second kappa shape index (κ2) is 8.05. The fraction of sp³-hybridized carbons (Fsp3) is 0.429. The van der Waals surface area contributed by atoms with E-state index in [9.17, 15) is 19.5 Å². The fourth-order valence-corrected chi connectivity index (χ4v) is 3.77. The van der Waals surface area contributed by atoms with Crippen molar-refractivity contribution in [3.8, 4) is 6.07 Å². The zero-order valence-electron chi connectivity index (χ0n) is 16.8. The van der Waals surface area contributed by atoms with E-state index in [1.807, 2.05) is 6.92 Å². The van der Waals surface area contributed by atoms with Crippen molar-refractivity contribution in [2.45, 2.75) is 25.9 Å². The van der Waals surface area contributed by atoms with Crippen LogP contribution in [0.2, 0.25) is 0 Å². The molecule has 2 heterocycles. The van der Waals surface area contributed by atoms with Crippen LogP contribution < -0.4 is 11.2 Å². The number of aryl methyl sites for hydroxylation is 2. The molecular formula is C21H24N4O4. The molecule has 2 aromatic rings. The molecule has 1 saturated heterocycles. The Kier molecular flexibility index (Phi) is 5.71. The number of piperidine rings is 1. The summed E-state index contributed by atoms with van der Waals surface area (Å²) in [6.07, 6.45) is 1.47. The van der Waals surface area contributed by atoms with Gasteiger partial charge in [-0.2, -0.15) is 5.26 Å². The van der Waals surface area contributed by atoms with E-state index in [0.717, 1.165) is 10.1 Å². The van der Waals surface area contributed by atoms with Gasteiger partial charge in [-0.3, -0.25) is 14.2 Å². The molecule has 0 radical (unpaired) electrons. The smallest absolute Gasteiger partial charge is 0.330 e. The molecule has 0 saturated carbocycles. The number of amides is 1. The Bertz CT molecular complexity index is 1100. The van der Waals surface area contributed by atoms with Crippen LogP contribution in [0.3, 0.4) is 0 Å². The Morgan fingerprint density at radius 3 is 2.52 bits per heavy atom. The van der Waals surface area contributed by atoms with Crippen LogP contribution in [0.15, 0.2) is 34.0 Å². The van der Waals surface area contributed by atoms with Crippen LogP contribution in [0, 0.1) is 24.2 Å². The number of benzene rings is 1. The normalized spacial score (nSPS) is 15.8. The number of nitrogens with zero attached hydrogens (tertiary/aromatic N) is 4. The highest BCUT2D eigenvalue weighted by Gasteiger charge is 2.30. The zero-order chi connectivity index (χ0) is 21.3. The van der Waals surface area contributed by atoms with E-state index in [1.54, 1.807) is 23.1 Å². The minimum absolute atomic E-state index is 0.146. The van der Waals surface area contributed by atoms with E-state index in [2.05, 4.69) is 6.07 Å². The number of carbonyl (C=O) groups excluding carboxylic acids is 1. The highest BCUT2D eigenvalue weighted by molar-refractivity contribution is 5.94. The summed E-state index contributed by atoms with van der Waals surface area (Å²) in [5.41, 5.74) is 1.02. The molecule has 3 rings (SSSR count). The molecule has 1 aromatic heterocycles. The monoisotopic (exact) mass is 396 g/mol. The first-order valence-electron chi connectivity index (χ1n) is 9.49. The molecule has 1 atom stereocenters. The van der Waals surface area contributed by atoms with Crippen LogP contribution >= 0.6 is 0 Å². The van der Waals surface area contributed by atoms with Crippen LogP contribution in [-0.2, 0) is 14.1 Å². The molecule has 0 aliphatic carbocycles. The molecule has 1 aromatic carbocycles. The first-order valence-corrected chi connectivity index (χ1v) is 9.49. The van der Waals surface area contributed by atoms with Crippen molar-refractivity contribution in [2.24, 2.45) is 20.0 Å². The van der Waals surface area contributed by atoms with Crippen molar-refractivity contribution >= 4 is 5.91 Å². The summed E-state index contributed by atoms with van der Waals surface area (Å²) < 4.78 is 2.27. The maximum Gasteiger partial charge on any atom is 0.330 e. The summed E-state index contributed by atoms with van der Waals surface area (Å²) in [6.45, 7) is 2.72. The summed E-state index contributed by atoms with van der Waals surface area (Å²) >= 11 is 0. The lowest BCUT2D eigenvalue weighted by Gasteiger charge is -2.34. The number of aliphatic hydroxyl groups is 1. The highest BCUT2D eigenvalue weighted by atomic mass is 16.3. The van der Waals surface area contributed by atoms with E-state index < -0.39 is 17.4 Å². The van der Waals surface area contributed by atoms with Crippen LogP contribution in [0.25, 0.3) is 0 Å². The van der Waals surface area contributed by atoms with Crippen LogP contribution in [0.5, 0.6) is 0 Å². The van der Waals surface area contributed by atoms with Gasteiger partial charge in [0.05, 0.1) is 23.3 Å². The molecule has 8 nitrogen and oxygen atoms in total. The minimum Gasteiger partial charge on any atom is -0.388 e. The molecule has 8 heteroatoms. The number of nitriles is 1. The lowest BCUT2D eigenvalue weighted by atomic mass is 9.88. The molecule has 1 aliphatic rings. The molecule has 1 fully saturated rings. The third-order valence-corrected chi connectivity index (χ3v) is 5.67. The van der Waals surface area contributed by atoms with Gasteiger partial charge < -0.3 is 14.6 Å². The Hall–Kier alpha value is -3.18. The van der Waals surface area contributed by atoms with Gasteiger partial charge in [-0.15, -0.1) is 0 Å². The van der Waals surface area contributed by atoms with Crippen molar-refractivity contribution in [3.63, 3.8) is 0 Å². The fourth-order valence-electron chi connectivity index (χ4n) is 3.77. The van der Waals surface area contributed by atoms with Gasteiger partial charge in [-0.1, -0.05) is 6.07 Å². The largest absolute Gasteiger partial charge is 0.388 e. The Balaban J connectivity index is 1.72. The van der Waals surface area contributed by atoms with Crippen LogP contribution in [0.4, 0.5) is 0 Å². The minimum atomic E-state index is -0.998. The van der Waals surface area contributed by atoms with Crippen molar-refractivity contribution < 1.29 is 9.90 Å². The SMILES string of the molecule is Cc1ccc(C(=O)N2CCC(C(O)c3cn(C)c(=O)n(C)c3=O)CC2)cc1C#N. The summed E-state index contributed by atoms with van der Waals surface area (Å²) in [5, 5.41) is 19.9. The van der Waals surface area contributed by atoms with Gasteiger partial charge in [0.2, 0.25) is 0 Å². The number of hydrogen-bond acceptors (Lipinski definition) is 5. The highest BCUT2D eigenvalue weighted by Crippen LogP contribution is 2.29.